The maximum Gasteiger partial charge on any atom is 0.271 e. The lowest BCUT2D eigenvalue weighted by atomic mass is 9.96. The Hall–Kier alpha value is -1.10. The Bertz CT molecular complexity index is 319. The van der Waals surface area contributed by atoms with E-state index in [1.54, 1.807) is 11.9 Å². The van der Waals surface area contributed by atoms with Gasteiger partial charge in [-0.1, -0.05) is 5.16 Å². The van der Waals surface area contributed by atoms with Gasteiger partial charge < -0.3 is 15.1 Å². The van der Waals surface area contributed by atoms with Gasteiger partial charge in [0.05, 0.1) is 0 Å². The number of nitrogens with zero attached hydrogens (tertiary/aromatic N) is 2. The molecular weight excluding hydrogens is 206 g/mol. The summed E-state index contributed by atoms with van der Waals surface area (Å²) in [4.78, 5) is 19.2. The maximum atomic E-state index is 12.0. The Balaban J connectivity index is 2.00. The Labute approximate surface area is 95.8 Å². The van der Waals surface area contributed by atoms with Gasteiger partial charge in [0.25, 0.3) is 5.91 Å². The second kappa shape index (κ2) is 4.05. The van der Waals surface area contributed by atoms with Gasteiger partial charge in [-0.3, -0.25) is 4.79 Å². The lowest BCUT2D eigenvalue weighted by molar-refractivity contribution is -0.124. The number of oxime groups is 1. The third-order valence-electron chi connectivity index (χ3n) is 3.39. The second-order valence-electron chi connectivity index (χ2n) is 4.93. The average Bonchev–Trinajstić information content (AvgIpc) is 2.87. The van der Waals surface area contributed by atoms with Gasteiger partial charge in [-0.25, -0.2) is 0 Å². The fourth-order valence-electron chi connectivity index (χ4n) is 2.02. The van der Waals surface area contributed by atoms with Crippen LogP contribution in [0, 0.1) is 0 Å². The van der Waals surface area contributed by atoms with E-state index in [9.17, 15) is 4.79 Å². The molecule has 1 N–H and O–H groups in total. The van der Waals surface area contributed by atoms with E-state index < -0.39 is 0 Å². The number of nitrogens with one attached hydrogen (secondary N) is 1. The van der Waals surface area contributed by atoms with E-state index in [0.717, 1.165) is 19.5 Å². The zero-order chi connectivity index (χ0) is 11.8. The van der Waals surface area contributed by atoms with Crippen molar-refractivity contribution in [2.75, 3.05) is 20.1 Å². The fraction of sp³-hybridized carbons (Fsp3) is 0.818. The van der Waals surface area contributed by atoms with E-state index in [2.05, 4.69) is 10.5 Å². The van der Waals surface area contributed by atoms with Crippen LogP contribution in [0.25, 0.3) is 0 Å². The van der Waals surface area contributed by atoms with Crippen LogP contribution >= 0.6 is 0 Å². The van der Waals surface area contributed by atoms with Crippen molar-refractivity contribution in [1.29, 1.82) is 0 Å². The van der Waals surface area contributed by atoms with Crippen molar-refractivity contribution in [3.63, 3.8) is 0 Å². The first-order chi connectivity index (χ1) is 7.54. The molecule has 0 aromatic heterocycles. The van der Waals surface area contributed by atoms with Crippen LogP contribution < -0.4 is 5.32 Å². The molecule has 2 rings (SSSR count). The van der Waals surface area contributed by atoms with E-state index in [0.29, 0.717) is 12.1 Å². The van der Waals surface area contributed by atoms with Gasteiger partial charge in [0.1, 0.15) is 5.71 Å². The van der Waals surface area contributed by atoms with Crippen LogP contribution in [0.3, 0.4) is 0 Å². The monoisotopic (exact) mass is 225 g/mol. The van der Waals surface area contributed by atoms with E-state index in [1.807, 2.05) is 13.8 Å². The molecule has 1 fully saturated rings. The summed E-state index contributed by atoms with van der Waals surface area (Å²) in [5.74, 6) is -0.0150. The average molecular weight is 225 g/mol. The zero-order valence-corrected chi connectivity index (χ0v) is 10.1. The molecule has 90 valence electrons. The summed E-state index contributed by atoms with van der Waals surface area (Å²) < 4.78 is 0. The topological polar surface area (TPSA) is 53.9 Å². The van der Waals surface area contributed by atoms with Crippen molar-refractivity contribution >= 4 is 11.6 Å². The van der Waals surface area contributed by atoms with Crippen molar-refractivity contribution in [3.05, 3.63) is 0 Å². The van der Waals surface area contributed by atoms with Gasteiger partial charge in [0, 0.05) is 32.5 Å². The Morgan fingerprint density at radius 2 is 2.38 bits per heavy atom. The van der Waals surface area contributed by atoms with Crippen LogP contribution in [0.4, 0.5) is 0 Å². The van der Waals surface area contributed by atoms with Crippen molar-refractivity contribution in [1.82, 2.24) is 10.2 Å². The van der Waals surface area contributed by atoms with Crippen molar-refractivity contribution < 1.29 is 9.63 Å². The SMILES string of the molecule is CC(C)N(C)C(=O)C1=NOC2(CCNC2)C1. The highest BCUT2D eigenvalue weighted by atomic mass is 16.7. The minimum absolute atomic E-state index is 0.0150. The lowest BCUT2D eigenvalue weighted by Crippen LogP contribution is -2.40. The van der Waals surface area contributed by atoms with Crippen LogP contribution in [0.2, 0.25) is 0 Å². The first kappa shape index (κ1) is 11.4. The van der Waals surface area contributed by atoms with Crippen LogP contribution in [0.5, 0.6) is 0 Å². The molecule has 5 heteroatoms. The molecule has 1 atom stereocenters. The van der Waals surface area contributed by atoms with Gasteiger partial charge in [-0.2, -0.15) is 0 Å². The first-order valence-electron chi connectivity index (χ1n) is 5.77. The van der Waals surface area contributed by atoms with Gasteiger partial charge >= 0.3 is 0 Å². The first-order valence-corrected chi connectivity index (χ1v) is 5.77. The molecule has 2 aliphatic rings. The molecule has 1 unspecified atom stereocenters. The summed E-state index contributed by atoms with van der Waals surface area (Å²) in [6, 6.07) is 0.188. The van der Waals surface area contributed by atoms with Gasteiger partial charge in [0.2, 0.25) is 0 Å². The quantitative estimate of drug-likeness (QED) is 0.738. The van der Waals surface area contributed by atoms with Gasteiger partial charge in [0.15, 0.2) is 5.60 Å². The molecule has 0 aliphatic carbocycles. The maximum absolute atomic E-state index is 12.0. The smallest absolute Gasteiger partial charge is 0.271 e. The van der Waals surface area contributed by atoms with Crippen LogP contribution in [-0.2, 0) is 9.63 Å². The van der Waals surface area contributed by atoms with E-state index in [1.165, 1.54) is 0 Å². The highest BCUT2D eigenvalue weighted by molar-refractivity contribution is 6.39. The van der Waals surface area contributed by atoms with Gasteiger partial charge in [-0.15, -0.1) is 0 Å². The Morgan fingerprint density at radius 3 is 2.94 bits per heavy atom. The van der Waals surface area contributed by atoms with E-state index in [-0.39, 0.29) is 17.6 Å². The largest absolute Gasteiger partial charge is 0.387 e. The molecule has 5 nitrogen and oxygen atoms in total. The standard InChI is InChI=1S/C11H19N3O2/c1-8(2)14(3)10(15)9-6-11(16-13-9)4-5-12-7-11/h8,12H,4-7H2,1-3H3. The molecule has 1 saturated heterocycles. The van der Waals surface area contributed by atoms with Crippen LogP contribution in [0.1, 0.15) is 26.7 Å². The molecule has 2 heterocycles. The number of carbonyl (C=O) groups is 1. The molecule has 0 aromatic rings. The summed E-state index contributed by atoms with van der Waals surface area (Å²) in [6.07, 6.45) is 1.56. The summed E-state index contributed by atoms with van der Waals surface area (Å²) >= 11 is 0. The summed E-state index contributed by atoms with van der Waals surface area (Å²) in [5, 5.41) is 7.20. The van der Waals surface area contributed by atoms with E-state index in [4.69, 9.17) is 4.84 Å². The number of hydrogen-bond donors (Lipinski definition) is 1. The van der Waals surface area contributed by atoms with E-state index >= 15 is 0 Å². The normalized spacial score (nSPS) is 28.4. The molecular formula is C11H19N3O2. The third-order valence-corrected chi connectivity index (χ3v) is 3.39. The fourth-order valence-corrected chi connectivity index (χ4v) is 2.02. The zero-order valence-electron chi connectivity index (χ0n) is 10.1. The Morgan fingerprint density at radius 1 is 1.62 bits per heavy atom. The number of hydrogen-bond acceptors (Lipinski definition) is 4. The molecule has 16 heavy (non-hydrogen) atoms. The molecule has 0 bridgehead atoms. The molecule has 1 spiro atoms. The number of rotatable bonds is 2. The minimum atomic E-state index is -0.247. The highest BCUT2D eigenvalue weighted by Crippen LogP contribution is 2.30. The molecule has 0 radical (unpaired) electrons. The molecule has 0 aromatic carbocycles. The van der Waals surface area contributed by atoms with Crippen molar-refractivity contribution in [2.45, 2.75) is 38.3 Å². The van der Waals surface area contributed by atoms with Gasteiger partial charge in [-0.05, 0) is 20.4 Å². The van der Waals surface area contributed by atoms with Crippen LogP contribution in [-0.4, -0.2) is 48.3 Å². The predicted molar refractivity (Wildman–Crippen MR) is 61.3 cm³/mol. The summed E-state index contributed by atoms with van der Waals surface area (Å²) in [6.45, 7) is 5.71. The summed E-state index contributed by atoms with van der Waals surface area (Å²) in [5.41, 5.74) is 0.308. The third kappa shape index (κ3) is 1.91. The van der Waals surface area contributed by atoms with Crippen LogP contribution in [0.15, 0.2) is 5.16 Å². The number of amides is 1. The number of carbonyl (C=O) groups excluding carboxylic acids is 1. The second-order valence-corrected chi connectivity index (χ2v) is 4.93. The summed E-state index contributed by atoms with van der Waals surface area (Å²) in [7, 11) is 1.80. The van der Waals surface area contributed by atoms with Crippen molar-refractivity contribution in [3.8, 4) is 0 Å². The molecule has 1 amide bonds. The van der Waals surface area contributed by atoms with Crippen molar-refractivity contribution in [2.24, 2.45) is 5.16 Å². The highest BCUT2D eigenvalue weighted by Gasteiger charge is 2.44. The predicted octanol–water partition coefficient (Wildman–Crippen LogP) is 0.362. The molecule has 2 aliphatic heterocycles. The minimum Gasteiger partial charge on any atom is -0.387 e. The lowest BCUT2D eigenvalue weighted by Gasteiger charge is -2.22. The molecule has 0 saturated carbocycles. The Kier molecular flexibility index (Phi) is 2.88.